The summed E-state index contributed by atoms with van der Waals surface area (Å²) >= 11 is 0. The zero-order chi connectivity index (χ0) is 18.0. The highest BCUT2D eigenvalue weighted by Gasteiger charge is 2.52. The first-order valence-electron chi connectivity index (χ1n) is 8.57. The number of nitrogens with one attached hydrogen (secondary N) is 1. The molecule has 0 fully saturated rings. The third-order valence-corrected chi connectivity index (χ3v) is 4.93. The van der Waals surface area contributed by atoms with E-state index in [0.717, 1.165) is 11.3 Å². The van der Waals surface area contributed by atoms with Crippen molar-refractivity contribution >= 4 is 17.5 Å². The van der Waals surface area contributed by atoms with Crippen LogP contribution in [0.1, 0.15) is 36.2 Å². The number of likely N-dealkylation sites (N-methyl/N-ethyl adjacent to an activating group) is 2. The van der Waals surface area contributed by atoms with Gasteiger partial charge in [0.15, 0.2) is 0 Å². The lowest BCUT2D eigenvalue weighted by atomic mass is 9.87. The predicted molar refractivity (Wildman–Crippen MR) is 98.1 cm³/mol. The van der Waals surface area contributed by atoms with Gasteiger partial charge in [0.25, 0.3) is 11.8 Å². The average Bonchev–Trinajstić information content (AvgIpc) is 2.89. The number of rotatable bonds is 5. The molecule has 1 unspecified atom stereocenters. The molecule has 130 valence electrons. The monoisotopic (exact) mass is 337 g/mol. The maximum Gasteiger partial charge on any atom is 0.265 e. The van der Waals surface area contributed by atoms with E-state index in [2.05, 4.69) is 5.43 Å². The van der Waals surface area contributed by atoms with E-state index in [0.29, 0.717) is 18.5 Å². The SMILES string of the molecule is CCN(NC(=O)c1ccccc1)C1(CC)C(=O)N(C)c2ccccc21. The zero-order valence-electron chi connectivity index (χ0n) is 14.8. The minimum absolute atomic E-state index is 0.0218. The van der Waals surface area contributed by atoms with Crippen LogP contribution in [0.5, 0.6) is 0 Å². The Kier molecular flexibility index (Phi) is 4.59. The van der Waals surface area contributed by atoms with Gasteiger partial charge in [0.2, 0.25) is 0 Å². The van der Waals surface area contributed by atoms with Crippen molar-refractivity contribution in [2.75, 3.05) is 18.5 Å². The number of fused-ring (bicyclic) bond motifs is 1. The Labute approximate surface area is 148 Å². The minimum Gasteiger partial charge on any atom is -0.313 e. The van der Waals surface area contributed by atoms with Gasteiger partial charge < -0.3 is 4.90 Å². The van der Waals surface area contributed by atoms with Crippen molar-refractivity contribution in [2.24, 2.45) is 0 Å². The summed E-state index contributed by atoms with van der Waals surface area (Å²) in [6.45, 7) is 4.43. The van der Waals surface area contributed by atoms with E-state index in [9.17, 15) is 9.59 Å². The van der Waals surface area contributed by atoms with Crippen LogP contribution in [0, 0.1) is 0 Å². The Bertz CT molecular complexity index is 791. The average molecular weight is 337 g/mol. The normalized spacial score (nSPS) is 19.2. The summed E-state index contributed by atoms with van der Waals surface area (Å²) in [6, 6.07) is 16.8. The van der Waals surface area contributed by atoms with Gasteiger partial charge in [0.05, 0.1) is 0 Å². The standard InChI is InChI=1S/C20H23N3O2/c1-4-20(16-13-9-10-14-17(16)22(3)19(20)25)23(5-2)21-18(24)15-11-7-6-8-12-15/h6-14H,4-5H2,1-3H3,(H,21,24). The van der Waals surface area contributed by atoms with Crippen LogP contribution in [0.4, 0.5) is 5.69 Å². The first-order valence-corrected chi connectivity index (χ1v) is 8.57. The summed E-state index contributed by atoms with van der Waals surface area (Å²) in [7, 11) is 1.78. The molecule has 0 aromatic heterocycles. The first-order chi connectivity index (χ1) is 12.1. The third-order valence-electron chi connectivity index (χ3n) is 4.93. The zero-order valence-corrected chi connectivity index (χ0v) is 14.8. The summed E-state index contributed by atoms with van der Waals surface area (Å²) in [6.07, 6.45) is 0.566. The maximum absolute atomic E-state index is 13.2. The van der Waals surface area contributed by atoms with Crippen LogP contribution in [-0.4, -0.2) is 30.4 Å². The Morgan fingerprint density at radius 1 is 1.08 bits per heavy atom. The van der Waals surface area contributed by atoms with Gasteiger partial charge in [-0.15, -0.1) is 0 Å². The highest BCUT2D eigenvalue weighted by Crippen LogP contribution is 2.44. The van der Waals surface area contributed by atoms with Gasteiger partial charge in [-0.05, 0) is 24.6 Å². The second-order valence-electron chi connectivity index (χ2n) is 6.15. The number of amides is 2. The second kappa shape index (κ2) is 6.69. The van der Waals surface area contributed by atoms with Crippen molar-refractivity contribution in [1.29, 1.82) is 0 Å². The maximum atomic E-state index is 13.2. The van der Waals surface area contributed by atoms with Crippen molar-refractivity contribution in [2.45, 2.75) is 25.8 Å². The molecular weight excluding hydrogens is 314 g/mol. The Morgan fingerprint density at radius 2 is 1.72 bits per heavy atom. The van der Waals surface area contributed by atoms with E-state index in [4.69, 9.17) is 0 Å². The second-order valence-corrected chi connectivity index (χ2v) is 6.15. The Morgan fingerprint density at radius 3 is 2.36 bits per heavy atom. The fourth-order valence-corrected chi connectivity index (χ4v) is 3.63. The van der Waals surface area contributed by atoms with Gasteiger partial charge in [-0.3, -0.25) is 15.0 Å². The number of hydrogen-bond acceptors (Lipinski definition) is 3. The van der Waals surface area contributed by atoms with Crippen LogP contribution in [0.25, 0.3) is 0 Å². The number of anilines is 1. The molecule has 5 heteroatoms. The number of para-hydroxylation sites is 1. The smallest absolute Gasteiger partial charge is 0.265 e. The van der Waals surface area contributed by atoms with Crippen LogP contribution in [0.3, 0.4) is 0 Å². The van der Waals surface area contributed by atoms with Gasteiger partial charge in [0.1, 0.15) is 5.54 Å². The molecular formula is C20H23N3O2. The molecule has 1 heterocycles. The Hall–Kier alpha value is -2.66. The largest absolute Gasteiger partial charge is 0.313 e. The number of hydrazine groups is 1. The lowest BCUT2D eigenvalue weighted by Crippen LogP contribution is -2.59. The molecule has 0 spiro atoms. The lowest BCUT2D eigenvalue weighted by Gasteiger charge is -2.38. The summed E-state index contributed by atoms with van der Waals surface area (Å²) in [5, 5.41) is 1.77. The molecule has 0 aliphatic carbocycles. The number of hydrogen-bond donors (Lipinski definition) is 1. The first kappa shape index (κ1) is 17.2. The van der Waals surface area contributed by atoms with Gasteiger partial charge in [-0.25, -0.2) is 5.01 Å². The molecule has 1 aliphatic heterocycles. The highest BCUT2D eigenvalue weighted by atomic mass is 16.2. The molecule has 0 saturated heterocycles. The molecule has 5 nitrogen and oxygen atoms in total. The van der Waals surface area contributed by atoms with Crippen molar-refractivity contribution in [1.82, 2.24) is 10.4 Å². The highest BCUT2D eigenvalue weighted by molar-refractivity contribution is 6.07. The predicted octanol–water partition coefficient (Wildman–Crippen LogP) is 2.94. The van der Waals surface area contributed by atoms with Crippen molar-refractivity contribution in [3.63, 3.8) is 0 Å². The molecule has 1 atom stereocenters. The topological polar surface area (TPSA) is 52.7 Å². The van der Waals surface area contributed by atoms with Crippen LogP contribution < -0.4 is 10.3 Å². The fourth-order valence-electron chi connectivity index (χ4n) is 3.63. The molecule has 1 N–H and O–H groups in total. The minimum atomic E-state index is -0.884. The summed E-state index contributed by atoms with van der Waals surface area (Å²) in [4.78, 5) is 27.5. The van der Waals surface area contributed by atoms with E-state index in [1.54, 1.807) is 29.1 Å². The van der Waals surface area contributed by atoms with Crippen molar-refractivity contribution in [3.05, 3.63) is 65.7 Å². The summed E-state index contributed by atoms with van der Waals surface area (Å²) < 4.78 is 0. The van der Waals surface area contributed by atoms with Gasteiger partial charge in [0, 0.05) is 30.4 Å². The van der Waals surface area contributed by atoms with E-state index in [1.165, 1.54) is 0 Å². The number of carbonyl (C=O) groups is 2. The van der Waals surface area contributed by atoms with Gasteiger partial charge >= 0.3 is 0 Å². The molecule has 0 bridgehead atoms. The summed E-state index contributed by atoms with van der Waals surface area (Å²) in [5.41, 5.74) is 4.46. The molecule has 0 saturated carbocycles. The fraction of sp³-hybridized carbons (Fsp3) is 0.300. The van der Waals surface area contributed by atoms with E-state index in [-0.39, 0.29) is 11.8 Å². The summed E-state index contributed by atoms with van der Waals surface area (Å²) in [5.74, 6) is -0.235. The molecule has 2 aromatic carbocycles. The molecule has 2 amide bonds. The van der Waals surface area contributed by atoms with Crippen LogP contribution in [0.15, 0.2) is 54.6 Å². The Balaban J connectivity index is 2.01. The van der Waals surface area contributed by atoms with Crippen LogP contribution >= 0.6 is 0 Å². The van der Waals surface area contributed by atoms with E-state index in [1.807, 2.05) is 56.3 Å². The number of benzene rings is 2. The van der Waals surface area contributed by atoms with Crippen LogP contribution in [0.2, 0.25) is 0 Å². The number of nitrogens with zero attached hydrogens (tertiary/aromatic N) is 2. The van der Waals surface area contributed by atoms with E-state index >= 15 is 0 Å². The van der Waals surface area contributed by atoms with Crippen molar-refractivity contribution < 1.29 is 9.59 Å². The molecule has 1 aliphatic rings. The van der Waals surface area contributed by atoms with Gasteiger partial charge in [-0.2, -0.15) is 0 Å². The van der Waals surface area contributed by atoms with Crippen molar-refractivity contribution in [3.8, 4) is 0 Å². The lowest BCUT2D eigenvalue weighted by molar-refractivity contribution is -0.132. The van der Waals surface area contributed by atoms with E-state index < -0.39 is 5.54 Å². The third kappa shape index (κ3) is 2.61. The molecule has 3 rings (SSSR count). The molecule has 2 aromatic rings. The van der Waals surface area contributed by atoms with Crippen LogP contribution in [-0.2, 0) is 10.3 Å². The van der Waals surface area contributed by atoms with Gasteiger partial charge in [-0.1, -0.05) is 50.2 Å². The quantitative estimate of drug-likeness (QED) is 0.854. The number of carbonyl (C=O) groups excluding carboxylic acids is 2. The molecule has 0 radical (unpaired) electrons. The molecule has 25 heavy (non-hydrogen) atoms.